The molecule has 1 heterocycles. The summed E-state index contributed by atoms with van der Waals surface area (Å²) < 4.78 is 5.52. The van der Waals surface area contributed by atoms with Crippen LogP contribution in [-0.2, 0) is 14.3 Å². The lowest BCUT2D eigenvalue weighted by atomic mass is 9.83. The van der Waals surface area contributed by atoms with Crippen LogP contribution in [-0.4, -0.2) is 76.1 Å². The summed E-state index contributed by atoms with van der Waals surface area (Å²) in [5, 5.41) is 9.97. The molecule has 26 heavy (non-hydrogen) atoms. The molecule has 1 saturated heterocycles. The Hall–Kier alpha value is -1.67. The first-order valence-corrected chi connectivity index (χ1v) is 9.01. The van der Waals surface area contributed by atoms with Crippen LogP contribution in [0.1, 0.15) is 53.9 Å². The van der Waals surface area contributed by atoms with Crippen molar-refractivity contribution in [2.45, 2.75) is 83.2 Å². The van der Waals surface area contributed by atoms with Crippen LogP contribution in [0.15, 0.2) is 0 Å². The Labute approximate surface area is 155 Å². The normalized spacial score (nSPS) is 24.2. The van der Waals surface area contributed by atoms with Gasteiger partial charge in [0, 0.05) is 19.0 Å². The molecule has 0 radical (unpaired) electrons. The Morgan fingerprint density at radius 1 is 1.38 bits per heavy atom. The molecule has 1 aliphatic heterocycles. The molecule has 0 aliphatic carbocycles. The molecule has 0 aromatic rings. The molecule has 0 aromatic carbocycles. The molecular formula is C18H33N3O5. The van der Waals surface area contributed by atoms with Crippen molar-refractivity contribution in [1.82, 2.24) is 9.80 Å². The smallest absolute Gasteiger partial charge is 0.410 e. The lowest BCUT2D eigenvalue weighted by Gasteiger charge is -2.47. The maximum Gasteiger partial charge on any atom is 0.410 e. The van der Waals surface area contributed by atoms with Gasteiger partial charge in [0.15, 0.2) is 0 Å². The van der Waals surface area contributed by atoms with Crippen molar-refractivity contribution in [2.75, 3.05) is 13.6 Å². The van der Waals surface area contributed by atoms with Gasteiger partial charge in [-0.3, -0.25) is 9.69 Å². The van der Waals surface area contributed by atoms with E-state index < -0.39 is 41.3 Å². The first-order chi connectivity index (χ1) is 11.9. The lowest BCUT2D eigenvalue weighted by Crippen LogP contribution is -2.64. The molecule has 1 rings (SSSR count). The summed E-state index contributed by atoms with van der Waals surface area (Å²) in [7, 11) is 1.67. The van der Waals surface area contributed by atoms with Gasteiger partial charge in [-0.1, -0.05) is 0 Å². The highest BCUT2D eigenvalue weighted by atomic mass is 16.6. The maximum absolute atomic E-state index is 12.7. The van der Waals surface area contributed by atoms with E-state index in [1.165, 1.54) is 6.92 Å². The third-order valence-electron chi connectivity index (χ3n) is 5.16. The van der Waals surface area contributed by atoms with Crippen LogP contribution in [0.5, 0.6) is 0 Å². The zero-order valence-electron chi connectivity index (χ0n) is 16.7. The van der Waals surface area contributed by atoms with E-state index in [0.717, 1.165) is 12.7 Å². The summed E-state index contributed by atoms with van der Waals surface area (Å²) >= 11 is 0. The fraction of sp³-hybridized carbons (Fsp3) is 0.833. The number of aldehydes is 1. The van der Waals surface area contributed by atoms with E-state index in [0.29, 0.717) is 13.0 Å². The summed E-state index contributed by atoms with van der Waals surface area (Å²) in [6.45, 7) is 9.16. The van der Waals surface area contributed by atoms with E-state index in [2.05, 4.69) is 0 Å². The maximum atomic E-state index is 12.7. The molecule has 1 fully saturated rings. The average Bonchev–Trinajstić information content (AvgIpc) is 2.89. The minimum absolute atomic E-state index is 0.114. The zero-order valence-corrected chi connectivity index (χ0v) is 16.7. The number of primary amides is 1. The fourth-order valence-electron chi connectivity index (χ4n) is 3.85. The molecular weight excluding hydrogens is 338 g/mol. The average molecular weight is 371 g/mol. The Bertz CT molecular complexity index is 531. The number of nitrogens with zero attached hydrogens (tertiary/aromatic N) is 2. The largest absolute Gasteiger partial charge is 0.444 e. The van der Waals surface area contributed by atoms with Crippen molar-refractivity contribution in [3.63, 3.8) is 0 Å². The molecule has 0 spiro atoms. The molecule has 4 atom stereocenters. The van der Waals surface area contributed by atoms with Crippen LogP contribution in [0.4, 0.5) is 4.79 Å². The molecule has 0 bridgehead atoms. The van der Waals surface area contributed by atoms with E-state index >= 15 is 0 Å². The zero-order chi connectivity index (χ0) is 20.3. The summed E-state index contributed by atoms with van der Waals surface area (Å²) in [4.78, 5) is 39.2. The van der Waals surface area contributed by atoms with Gasteiger partial charge in [-0.15, -0.1) is 0 Å². The van der Waals surface area contributed by atoms with Crippen molar-refractivity contribution in [3.8, 4) is 0 Å². The summed E-state index contributed by atoms with van der Waals surface area (Å²) in [5.74, 6) is -0.655. The van der Waals surface area contributed by atoms with E-state index in [-0.39, 0.29) is 6.42 Å². The van der Waals surface area contributed by atoms with E-state index in [4.69, 9.17) is 10.5 Å². The highest BCUT2D eigenvalue weighted by Crippen LogP contribution is 2.38. The third kappa shape index (κ3) is 4.73. The molecule has 8 heteroatoms. The van der Waals surface area contributed by atoms with Gasteiger partial charge in [0.1, 0.15) is 17.9 Å². The van der Waals surface area contributed by atoms with E-state index in [9.17, 15) is 19.5 Å². The minimum Gasteiger partial charge on any atom is -0.444 e. The van der Waals surface area contributed by atoms with Gasteiger partial charge in [0.25, 0.3) is 0 Å². The third-order valence-corrected chi connectivity index (χ3v) is 5.16. The standard InChI is InChI=1S/C18H33N3O5/c1-12(23)14(15(19)24)20(6)13(2)18(9-11-22)8-7-10-21(18)16(25)26-17(3,4)5/h11-14,23H,7-10H2,1-6H3,(H2,19,24)/t12-,13?,14+,18?/m1/s1. The number of aliphatic hydroxyl groups excluding tert-OH is 1. The summed E-state index contributed by atoms with van der Waals surface area (Å²) in [6, 6.07) is -1.32. The first kappa shape index (κ1) is 22.4. The summed E-state index contributed by atoms with van der Waals surface area (Å²) in [6.07, 6.45) is 0.759. The van der Waals surface area contributed by atoms with Crippen molar-refractivity contribution < 1.29 is 24.2 Å². The van der Waals surface area contributed by atoms with Crippen LogP contribution in [0.2, 0.25) is 0 Å². The molecule has 0 aromatic heterocycles. The topological polar surface area (TPSA) is 113 Å². The number of hydrogen-bond acceptors (Lipinski definition) is 6. The van der Waals surface area contributed by atoms with Gasteiger partial charge in [-0.25, -0.2) is 4.79 Å². The number of carbonyl (C=O) groups is 3. The Morgan fingerprint density at radius 3 is 2.38 bits per heavy atom. The van der Waals surface area contributed by atoms with Gasteiger partial charge >= 0.3 is 6.09 Å². The molecule has 1 aliphatic rings. The van der Waals surface area contributed by atoms with E-state index in [1.54, 1.807) is 37.6 Å². The predicted octanol–water partition coefficient (Wildman–Crippen LogP) is 0.900. The lowest BCUT2D eigenvalue weighted by molar-refractivity contribution is -0.129. The van der Waals surface area contributed by atoms with Gasteiger partial charge in [0.2, 0.25) is 5.91 Å². The Kier molecular flexibility index (Phi) is 7.18. The van der Waals surface area contributed by atoms with Crippen molar-refractivity contribution in [3.05, 3.63) is 0 Å². The fourth-order valence-corrected chi connectivity index (χ4v) is 3.85. The highest BCUT2D eigenvalue weighted by molar-refractivity contribution is 5.80. The number of aliphatic hydroxyl groups is 1. The molecule has 3 N–H and O–H groups in total. The molecule has 8 nitrogen and oxygen atoms in total. The SMILES string of the molecule is CC(N(C)[C@H](C(N)=O)[C@@H](C)O)C1(CC=O)CCCN1C(=O)OC(C)(C)C. The van der Waals surface area contributed by atoms with Gasteiger partial charge in [0.05, 0.1) is 11.6 Å². The Balaban J connectivity index is 3.22. The molecule has 2 amide bonds. The number of likely N-dealkylation sites (N-methyl/N-ethyl adjacent to an activating group) is 1. The molecule has 2 unspecified atom stereocenters. The second-order valence-electron chi connectivity index (χ2n) is 8.14. The number of nitrogens with two attached hydrogens (primary N) is 1. The van der Waals surface area contributed by atoms with Gasteiger partial charge in [-0.05, 0) is 54.5 Å². The monoisotopic (exact) mass is 371 g/mol. The highest BCUT2D eigenvalue weighted by Gasteiger charge is 2.51. The quantitative estimate of drug-likeness (QED) is 0.643. The van der Waals surface area contributed by atoms with Crippen molar-refractivity contribution in [1.29, 1.82) is 0 Å². The number of hydrogen-bond donors (Lipinski definition) is 2. The number of rotatable bonds is 7. The number of amides is 2. The van der Waals surface area contributed by atoms with Gasteiger partial charge < -0.3 is 25.3 Å². The second kappa shape index (κ2) is 8.35. The van der Waals surface area contributed by atoms with Gasteiger partial charge in [-0.2, -0.15) is 0 Å². The predicted molar refractivity (Wildman–Crippen MR) is 97.5 cm³/mol. The van der Waals surface area contributed by atoms with Crippen LogP contribution in [0, 0.1) is 0 Å². The van der Waals surface area contributed by atoms with Crippen LogP contribution < -0.4 is 5.73 Å². The first-order valence-electron chi connectivity index (χ1n) is 9.01. The van der Waals surface area contributed by atoms with Crippen LogP contribution in [0.3, 0.4) is 0 Å². The number of carbonyl (C=O) groups excluding carboxylic acids is 3. The molecule has 150 valence electrons. The van der Waals surface area contributed by atoms with Crippen molar-refractivity contribution >= 4 is 18.3 Å². The van der Waals surface area contributed by atoms with E-state index in [1.807, 2.05) is 6.92 Å². The van der Waals surface area contributed by atoms with Crippen LogP contribution >= 0.6 is 0 Å². The number of likely N-dealkylation sites (tertiary alicyclic amines) is 1. The molecule has 0 saturated carbocycles. The second-order valence-corrected chi connectivity index (χ2v) is 8.14. The minimum atomic E-state index is -0.982. The number of ether oxygens (including phenoxy) is 1. The Morgan fingerprint density at radius 2 is 1.96 bits per heavy atom. The van der Waals surface area contributed by atoms with Crippen LogP contribution in [0.25, 0.3) is 0 Å². The van der Waals surface area contributed by atoms with Crippen molar-refractivity contribution in [2.24, 2.45) is 5.73 Å². The summed E-state index contributed by atoms with van der Waals surface area (Å²) in [5.41, 5.74) is 3.98.